The van der Waals surface area contributed by atoms with Crippen LogP contribution in [0.15, 0.2) is 29.2 Å². The van der Waals surface area contributed by atoms with Gasteiger partial charge in [-0.1, -0.05) is 6.07 Å². The first-order chi connectivity index (χ1) is 14.4. The lowest BCUT2D eigenvalue weighted by Crippen LogP contribution is -2.48. The molecule has 1 saturated heterocycles. The minimum absolute atomic E-state index is 0.0332. The second-order valence-electron chi connectivity index (χ2n) is 7.80. The van der Waals surface area contributed by atoms with Gasteiger partial charge in [-0.15, -0.1) is 0 Å². The Morgan fingerprint density at radius 1 is 1.20 bits per heavy atom. The third-order valence-electron chi connectivity index (χ3n) is 5.95. The number of likely N-dealkylation sites (tertiary alicyclic amines) is 1. The first kappa shape index (κ1) is 18.7. The molecular weight excluding hydrogens is 392 g/mol. The van der Waals surface area contributed by atoms with Crippen molar-refractivity contribution in [3.05, 3.63) is 74.5 Å². The summed E-state index contributed by atoms with van der Waals surface area (Å²) in [5.41, 5.74) is 3.02. The number of aryl methyl sites for hydroxylation is 1. The minimum atomic E-state index is -0.884. The summed E-state index contributed by atoms with van der Waals surface area (Å²) in [7, 11) is 0. The maximum atomic E-state index is 13.5. The Morgan fingerprint density at radius 3 is 2.77 bits per heavy atom. The van der Waals surface area contributed by atoms with Crippen LogP contribution >= 0.6 is 0 Å². The predicted molar refractivity (Wildman–Crippen MR) is 104 cm³/mol. The van der Waals surface area contributed by atoms with Crippen LogP contribution in [0.25, 0.3) is 5.95 Å². The number of rotatable bonds is 3. The molecule has 0 spiro atoms. The van der Waals surface area contributed by atoms with E-state index in [1.165, 1.54) is 16.9 Å². The number of carbonyl (C=O) groups excluding carboxylic acids is 1. The molecule has 0 atom stereocenters. The van der Waals surface area contributed by atoms with Gasteiger partial charge in [0, 0.05) is 24.6 Å². The summed E-state index contributed by atoms with van der Waals surface area (Å²) in [5, 5.41) is 4.26. The number of hydrogen-bond donors (Lipinski definition) is 1. The van der Waals surface area contributed by atoms with Crippen LogP contribution in [0.5, 0.6) is 0 Å². The topological polar surface area (TPSA) is 83.9 Å². The number of carbonyl (C=O) groups is 1. The number of benzene rings is 1. The minimum Gasteiger partial charge on any atom is -0.337 e. The van der Waals surface area contributed by atoms with Crippen LogP contribution in [0.3, 0.4) is 0 Å². The van der Waals surface area contributed by atoms with Crippen LogP contribution in [0.4, 0.5) is 8.78 Å². The smallest absolute Gasteiger partial charge is 0.257 e. The lowest BCUT2D eigenvalue weighted by atomic mass is 9.91. The van der Waals surface area contributed by atoms with E-state index in [1.54, 1.807) is 17.9 Å². The van der Waals surface area contributed by atoms with Crippen molar-refractivity contribution < 1.29 is 13.6 Å². The van der Waals surface area contributed by atoms with Crippen LogP contribution in [-0.4, -0.2) is 43.6 Å². The number of nitrogens with zero attached hydrogens (tertiary/aromatic N) is 4. The Bertz CT molecular complexity index is 1230. The molecule has 0 unspecified atom stereocenters. The van der Waals surface area contributed by atoms with Gasteiger partial charge in [-0.2, -0.15) is 5.10 Å². The average Bonchev–Trinajstić information content (AvgIpc) is 3.30. The van der Waals surface area contributed by atoms with Crippen LogP contribution in [0.2, 0.25) is 0 Å². The standard InChI is InChI=1S/C21H19F2N5O2/c1-11-15(8-24-28(11)21-25-18-4-2-3-14(18)19(29)26-21)20(30)27-9-13(10-27)12-5-6-16(22)17(23)7-12/h5-8,13H,2-4,9-10H2,1H3,(H,25,26,29). The normalized spacial score (nSPS) is 15.9. The number of amides is 1. The lowest BCUT2D eigenvalue weighted by Gasteiger charge is -2.39. The molecule has 1 amide bonds. The van der Waals surface area contributed by atoms with Crippen LogP contribution in [0, 0.1) is 18.6 Å². The van der Waals surface area contributed by atoms with Gasteiger partial charge in [0.25, 0.3) is 11.5 Å². The van der Waals surface area contributed by atoms with Crippen LogP contribution < -0.4 is 5.56 Å². The summed E-state index contributed by atoms with van der Waals surface area (Å²) in [6.07, 6.45) is 3.87. The van der Waals surface area contributed by atoms with E-state index in [2.05, 4.69) is 15.1 Å². The van der Waals surface area contributed by atoms with E-state index in [4.69, 9.17) is 0 Å². The molecule has 30 heavy (non-hydrogen) atoms. The van der Waals surface area contributed by atoms with Gasteiger partial charge in [0.15, 0.2) is 11.6 Å². The number of aromatic amines is 1. The quantitative estimate of drug-likeness (QED) is 0.717. The fourth-order valence-corrected chi connectivity index (χ4v) is 4.15. The predicted octanol–water partition coefficient (Wildman–Crippen LogP) is 2.27. The van der Waals surface area contributed by atoms with Crippen molar-refractivity contribution in [3.8, 4) is 5.95 Å². The van der Waals surface area contributed by atoms with Crippen molar-refractivity contribution >= 4 is 5.91 Å². The largest absolute Gasteiger partial charge is 0.337 e. The van der Waals surface area contributed by atoms with E-state index in [0.717, 1.165) is 36.6 Å². The van der Waals surface area contributed by atoms with Crippen molar-refractivity contribution in [2.75, 3.05) is 13.1 Å². The molecule has 2 aromatic heterocycles. The third-order valence-corrected chi connectivity index (χ3v) is 5.95. The molecule has 7 nitrogen and oxygen atoms in total. The van der Waals surface area contributed by atoms with Crippen molar-refractivity contribution in [3.63, 3.8) is 0 Å². The summed E-state index contributed by atoms with van der Waals surface area (Å²) in [5.74, 6) is -1.69. The van der Waals surface area contributed by atoms with Gasteiger partial charge >= 0.3 is 0 Å². The van der Waals surface area contributed by atoms with E-state index < -0.39 is 11.6 Å². The zero-order chi connectivity index (χ0) is 21.0. The van der Waals surface area contributed by atoms with Crippen LogP contribution in [-0.2, 0) is 12.8 Å². The molecule has 3 heterocycles. The Balaban J connectivity index is 1.35. The average molecular weight is 411 g/mol. The molecule has 1 aromatic carbocycles. The first-order valence-corrected chi connectivity index (χ1v) is 9.83. The fourth-order valence-electron chi connectivity index (χ4n) is 4.15. The molecule has 9 heteroatoms. The Kier molecular flexibility index (Phi) is 4.27. The molecular formula is C21H19F2N5O2. The molecule has 154 valence electrons. The van der Waals surface area contributed by atoms with E-state index >= 15 is 0 Å². The van der Waals surface area contributed by atoms with Gasteiger partial charge in [0.05, 0.1) is 23.1 Å². The van der Waals surface area contributed by atoms with Gasteiger partial charge in [-0.25, -0.2) is 18.4 Å². The summed E-state index contributed by atoms with van der Waals surface area (Å²) in [6.45, 7) is 2.59. The van der Waals surface area contributed by atoms with Gasteiger partial charge in [0.1, 0.15) is 0 Å². The van der Waals surface area contributed by atoms with Crippen LogP contribution in [0.1, 0.15) is 45.2 Å². The number of fused-ring (bicyclic) bond motifs is 1. The highest BCUT2D eigenvalue weighted by Crippen LogP contribution is 2.30. The molecule has 1 fully saturated rings. The van der Waals surface area contributed by atoms with Crippen molar-refractivity contribution in [2.24, 2.45) is 0 Å². The fraction of sp³-hybridized carbons (Fsp3) is 0.333. The number of halogens is 2. The zero-order valence-corrected chi connectivity index (χ0v) is 16.3. The molecule has 0 saturated carbocycles. The molecule has 0 radical (unpaired) electrons. The van der Waals surface area contributed by atoms with Gasteiger partial charge < -0.3 is 4.90 Å². The maximum absolute atomic E-state index is 13.5. The van der Waals surface area contributed by atoms with Gasteiger partial charge in [0.2, 0.25) is 5.95 Å². The number of aromatic nitrogens is 4. The summed E-state index contributed by atoms with van der Waals surface area (Å²) >= 11 is 0. The summed E-state index contributed by atoms with van der Waals surface area (Å²) in [4.78, 5) is 34.1. The number of nitrogens with one attached hydrogen (secondary N) is 1. The number of hydrogen-bond acceptors (Lipinski definition) is 4. The monoisotopic (exact) mass is 411 g/mol. The first-order valence-electron chi connectivity index (χ1n) is 9.83. The maximum Gasteiger partial charge on any atom is 0.257 e. The second-order valence-corrected chi connectivity index (χ2v) is 7.80. The highest BCUT2D eigenvalue weighted by atomic mass is 19.2. The highest BCUT2D eigenvalue weighted by molar-refractivity contribution is 5.95. The molecule has 1 aliphatic heterocycles. The Morgan fingerprint density at radius 2 is 2.00 bits per heavy atom. The lowest BCUT2D eigenvalue weighted by molar-refractivity contribution is 0.0601. The Labute approximate surface area is 170 Å². The van der Waals surface area contributed by atoms with Crippen molar-refractivity contribution in [1.82, 2.24) is 24.6 Å². The number of H-pyrrole nitrogens is 1. The molecule has 1 aliphatic carbocycles. The summed E-state index contributed by atoms with van der Waals surface area (Å²) < 4.78 is 28.0. The van der Waals surface area contributed by atoms with Gasteiger partial charge in [-0.05, 0) is 43.9 Å². The second kappa shape index (κ2) is 6.86. The molecule has 5 rings (SSSR count). The summed E-state index contributed by atoms with van der Waals surface area (Å²) in [6, 6.07) is 3.83. The van der Waals surface area contributed by atoms with E-state index in [1.807, 2.05) is 0 Å². The van der Waals surface area contributed by atoms with Gasteiger partial charge in [-0.3, -0.25) is 14.6 Å². The van der Waals surface area contributed by atoms with Crippen molar-refractivity contribution in [1.29, 1.82) is 0 Å². The molecule has 3 aromatic rings. The third kappa shape index (κ3) is 2.92. The highest BCUT2D eigenvalue weighted by Gasteiger charge is 2.34. The van der Waals surface area contributed by atoms with E-state index in [-0.39, 0.29) is 17.4 Å². The molecule has 0 bridgehead atoms. The van der Waals surface area contributed by atoms with E-state index in [0.29, 0.717) is 35.9 Å². The molecule has 1 N–H and O–H groups in total. The van der Waals surface area contributed by atoms with E-state index in [9.17, 15) is 18.4 Å². The SMILES string of the molecule is Cc1c(C(=O)N2CC(c3ccc(F)c(F)c3)C2)cnn1-c1nc2c(c(=O)[nH]1)CCC2. The zero-order valence-electron chi connectivity index (χ0n) is 16.3. The molecule has 2 aliphatic rings. The Hall–Kier alpha value is -3.36. The van der Waals surface area contributed by atoms with Crippen molar-refractivity contribution in [2.45, 2.75) is 32.1 Å².